The van der Waals surface area contributed by atoms with Gasteiger partial charge in [-0.2, -0.15) is 0 Å². The number of benzene rings is 3. The first-order chi connectivity index (χ1) is 17.9. The summed E-state index contributed by atoms with van der Waals surface area (Å²) in [5.41, 5.74) is 1.77. The maximum atomic E-state index is 13.7. The Kier molecular flexibility index (Phi) is 9.73. The molecule has 1 N–H and O–H groups in total. The molecule has 8 heteroatoms. The predicted octanol–water partition coefficient (Wildman–Crippen LogP) is 6.72. The van der Waals surface area contributed by atoms with E-state index in [0.29, 0.717) is 27.2 Å². The molecule has 0 radical (unpaired) electrons. The molecular formula is C29H29Cl3N2O3. The quantitative estimate of drug-likeness (QED) is 0.300. The van der Waals surface area contributed by atoms with Crippen LogP contribution in [0.2, 0.25) is 15.1 Å². The van der Waals surface area contributed by atoms with E-state index in [9.17, 15) is 9.59 Å². The van der Waals surface area contributed by atoms with Crippen molar-refractivity contribution in [1.29, 1.82) is 0 Å². The van der Waals surface area contributed by atoms with Crippen molar-refractivity contribution in [3.63, 3.8) is 0 Å². The number of carbonyl (C=O) groups is 2. The summed E-state index contributed by atoms with van der Waals surface area (Å²) in [5.74, 6) is -0.165. The third-order valence-corrected chi connectivity index (χ3v) is 7.23. The van der Waals surface area contributed by atoms with E-state index in [0.717, 1.165) is 36.8 Å². The standard InChI is InChI=1S/C29H29Cl3N2O3/c30-22-10-6-9-21(15-22)18-34(28(35)19-37-27-14-13-23(31)17-25(27)32)26(16-20-7-2-1-3-8-20)29(36)33-24-11-4-5-12-24/h1-3,6-10,13-15,17,24,26H,4-5,11-12,16,18-19H2,(H,33,36)/t26-/m1/s1. The van der Waals surface area contributed by atoms with Crippen LogP contribution >= 0.6 is 34.8 Å². The Balaban J connectivity index is 1.62. The molecule has 1 atom stereocenters. The number of hydrogen-bond donors (Lipinski definition) is 1. The molecular weight excluding hydrogens is 531 g/mol. The lowest BCUT2D eigenvalue weighted by atomic mass is 10.0. The third kappa shape index (κ3) is 7.88. The molecule has 1 aliphatic rings. The highest BCUT2D eigenvalue weighted by Gasteiger charge is 2.32. The summed E-state index contributed by atoms with van der Waals surface area (Å²) in [7, 11) is 0. The van der Waals surface area contributed by atoms with Gasteiger partial charge in [0.1, 0.15) is 11.8 Å². The van der Waals surface area contributed by atoms with Crippen molar-refractivity contribution >= 4 is 46.6 Å². The summed E-state index contributed by atoms with van der Waals surface area (Å²) >= 11 is 18.5. The zero-order valence-electron chi connectivity index (χ0n) is 20.3. The molecule has 194 valence electrons. The van der Waals surface area contributed by atoms with Crippen LogP contribution in [-0.4, -0.2) is 35.4 Å². The van der Waals surface area contributed by atoms with Crippen LogP contribution < -0.4 is 10.1 Å². The molecule has 0 aliphatic heterocycles. The van der Waals surface area contributed by atoms with Crippen LogP contribution in [0.15, 0.2) is 72.8 Å². The lowest BCUT2D eigenvalue weighted by Gasteiger charge is -2.32. The summed E-state index contributed by atoms with van der Waals surface area (Å²) in [6.07, 6.45) is 4.45. The molecule has 0 bridgehead atoms. The average molecular weight is 560 g/mol. The van der Waals surface area contributed by atoms with Crippen molar-refractivity contribution in [1.82, 2.24) is 10.2 Å². The number of ether oxygens (including phenoxy) is 1. The molecule has 3 aromatic carbocycles. The summed E-state index contributed by atoms with van der Waals surface area (Å²) in [4.78, 5) is 28.9. The predicted molar refractivity (Wildman–Crippen MR) is 148 cm³/mol. The minimum absolute atomic E-state index is 0.123. The molecule has 4 rings (SSSR count). The van der Waals surface area contributed by atoms with Gasteiger partial charge in [-0.3, -0.25) is 9.59 Å². The Hall–Kier alpha value is -2.73. The number of halogens is 3. The van der Waals surface area contributed by atoms with Gasteiger partial charge in [0, 0.05) is 29.1 Å². The monoisotopic (exact) mass is 558 g/mol. The van der Waals surface area contributed by atoms with Crippen LogP contribution in [0.5, 0.6) is 5.75 Å². The van der Waals surface area contributed by atoms with Crippen LogP contribution in [0.1, 0.15) is 36.8 Å². The second-order valence-electron chi connectivity index (χ2n) is 9.21. The molecule has 3 aromatic rings. The first-order valence-corrected chi connectivity index (χ1v) is 13.5. The summed E-state index contributed by atoms with van der Waals surface area (Å²) in [5, 5.41) is 4.52. The van der Waals surface area contributed by atoms with Gasteiger partial charge in [0.15, 0.2) is 6.61 Å². The van der Waals surface area contributed by atoms with Gasteiger partial charge in [-0.05, 0) is 54.3 Å². The Morgan fingerprint density at radius 2 is 1.59 bits per heavy atom. The van der Waals surface area contributed by atoms with Gasteiger partial charge in [-0.15, -0.1) is 0 Å². The average Bonchev–Trinajstić information content (AvgIpc) is 3.39. The van der Waals surface area contributed by atoms with Crippen molar-refractivity contribution in [3.8, 4) is 5.75 Å². The molecule has 0 heterocycles. The van der Waals surface area contributed by atoms with Crippen LogP contribution in [-0.2, 0) is 22.6 Å². The number of amides is 2. The lowest BCUT2D eigenvalue weighted by molar-refractivity contribution is -0.143. The molecule has 2 amide bonds. The molecule has 0 unspecified atom stereocenters. The molecule has 0 saturated heterocycles. The number of rotatable bonds is 10. The Bertz CT molecular complexity index is 1220. The largest absolute Gasteiger partial charge is 0.482 e. The van der Waals surface area contributed by atoms with Crippen LogP contribution in [0, 0.1) is 0 Å². The van der Waals surface area contributed by atoms with E-state index in [2.05, 4.69) is 5.32 Å². The Morgan fingerprint density at radius 3 is 2.30 bits per heavy atom. The van der Waals surface area contributed by atoms with Crippen LogP contribution in [0.25, 0.3) is 0 Å². The van der Waals surface area contributed by atoms with Gasteiger partial charge in [0.2, 0.25) is 5.91 Å². The Labute approximate surface area is 232 Å². The molecule has 1 aliphatic carbocycles. The van der Waals surface area contributed by atoms with Gasteiger partial charge in [0.25, 0.3) is 5.91 Å². The highest BCUT2D eigenvalue weighted by Crippen LogP contribution is 2.28. The summed E-state index contributed by atoms with van der Waals surface area (Å²) in [6, 6.07) is 21.2. The molecule has 5 nitrogen and oxygen atoms in total. The third-order valence-electron chi connectivity index (χ3n) is 6.46. The van der Waals surface area contributed by atoms with E-state index in [1.807, 2.05) is 42.5 Å². The maximum Gasteiger partial charge on any atom is 0.261 e. The van der Waals surface area contributed by atoms with Crippen LogP contribution in [0.4, 0.5) is 0 Å². The van der Waals surface area contributed by atoms with E-state index < -0.39 is 6.04 Å². The highest BCUT2D eigenvalue weighted by atomic mass is 35.5. The normalized spacial score (nSPS) is 14.2. The fourth-order valence-corrected chi connectivity index (χ4v) is 5.24. The van der Waals surface area contributed by atoms with Crippen molar-refractivity contribution in [2.45, 2.75) is 50.7 Å². The van der Waals surface area contributed by atoms with E-state index >= 15 is 0 Å². The second kappa shape index (κ2) is 13.2. The van der Waals surface area contributed by atoms with Gasteiger partial charge in [-0.1, -0.05) is 90.1 Å². The minimum atomic E-state index is -0.737. The van der Waals surface area contributed by atoms with E-state index in [4.69, 9.17) is 39.5 Å². The number of carbonyl (C=O) groups excluding carboxylic acids is 2. The van der Waals surface area contributed by atoms with Crippen molar-refractivity contribution < 1.29 is 14.3 Å². The lowest BCUT2D eigenvalue weighted by Crippen LogP contribution is -2.53. The number of nitrogens with zero attached hydrogens (tertiary/aromatic N) is 1. The van der Waals surface area contributed by atoms with Gasteiger partial charge in [0.05, 0.1) is 5.02 Å². The van der Waals surface area contributed by atoms with Crippen molar-refractivity contribution in [2.75, 3.05) is 6.61 Å². The smallest absolute Gasteiger partial charge is 0.261 e. The molecule has 1 saturated carbocycles. The van der Waals surface area contributed by atoms with E-state index in [1.165, 1.54) is 0 Å². The summed E-state index contributed by atoms with van der Waals surface area (Å²) < 4.78 is 5.77. The Morgan fingerprint density at radius 1 is 0.892 bits per heavy atom. The first kappa shape index (κ1) is 27.3. The topological polar surface area (TPSA) is 58.6 Å². The van der Waals surface area contributed by atoms with E-state index in [-0.39, 0.29) is 31.0 Å². The molecule has 37 heavy (non-hydrogen) atoms. The molecule has 0 spiro atoms. The number of nitrogens with one attached hydrogen (secondary N) is 1. The molecule has 1 fully saturated rings. The van der Waals surface area contributed by atoms with Crippen molar-refractivity contribution in [3.05, 3.63) is 99.0 Å². The zero-order chi connectivity index (χ0) is 26.2. The van der Waals surface area contributed by atoms with E-state index in [1.54, 1.807) is 35.2 Å². The second-order valence-corrected chi connectivity index (χ2v) is 10.5. The minimum Gasteiger partial charge on any atom is -0.482 e. The van der Waals surface area contributed by atoms with Crippen molar-refractivity contribution in [2.24, 2.45) is 0 Å². The zero-order valence-corrected chi connectivity index (χ0v) is 22.6. The van der Waals surface area contributed by atoms with Gasteiger partial charge in [-0.25, -0.2) is 0 Å². The fourth-order valence-electron chi connectivity index (χ4n) is 4.57. The van der Waals surface area contributed by atoms with Crippen LogP contribution in [0.3, 0.4) is 0 Å². The van der Waals surface area contributed by atoms with Gasteiger partial charge < -0.3 is 15.0 Å². The fraction of sp³-hybridized carbons (Fsp3) is 0.310. The summed E-state index contributed by atoms with van der Waals surface area (Å²) in [6.45, 7) is -0.0867. The number of hydrogen-bond acceptors (Lipinski definition) is 3. The molecule has 0 aromatic heterocycles. The SMILES string of the molecule is O=C(NC1CCCC1)[C@@H](Cc1ccccc1)N(Cc1cccc(Cl)c1)C(=O)COc1ccc(Cl)cc1Cl. The first-order valence-electron chi connectivity index (χ1n) is 12.3. The highest BCUT2D eigenvalue weighted by molar-refractivity contribution is 6.35. The maximum absolute atomic E-state index is 13.7. The van der Waals surface area contributed by atoms with Gasteiger partial charge >= 0.3 is 0 Å².